The first-order chi connectivity index (χ1) is 9.60. The highest BCUT2D eigenvalue weighted by molar-refractivity contribution is 6.42. The highest BCUT2D eigenvalue weighted by Crippen LogP contribution is 2.31. The molecule has 0 bridgehead atoms. The molecule has 1 aromatic carbocycles. The Morgan fingerprint density at radius 1 is 1.33 bits per heavy atom. The maximum Gasteiger partial charge on any atom is 0.408 e. The fourth-order valence-corrected chi connectivity index (χ4v) is 2.09. The summed E-state index contributed by atoms with van der Waals surface area (Å²) in [6, 6.07) is 4.00. The molecule has 1 rings (SSSR count). The van der Waals surface area contributed by atoms with Crippen molar-refractivity contribution in [2.75, 3.05) is 0 Å². The first-order valence-electron chi connectivity index (χ1n) is 6.25. The summed E-state index contributed by atoms with van der Waals surface area (Å²) in [5, 5.41) is 12.0. The molecule has 1 atom stereocenters. The summed E-state index contributed by atoms with van der Waals surface area (Å²) in [5.74, 6) is -1.08. The lowest BCUT2D eigenvalue weighted by Crippen LogP contribution is -2.35. The standard InChI is InChI=1S/C14H17Cl2NO4/c1-14(2,3)21-13(20)17-10(7-11(18)19)8-5-4-6-9(15)12(8)16/h4-6,10H,7H2,1-3H3,(H,17,20)(H,18,19). The molecule has 0 radical (unpaired) electrons. The maximum atomic E-state index is 11.8. The van der Waals surface area contributed by atoms with Gasteiger partial charge in [-0.15, -0.1) is 0 Å². The summed E-state index contributed by atoms with van der Waals surface area (Å²) in [4.78, 5) is 22.8. The van der Waals surface area contributed by atoms with Gasteiger partial charge in [0, 0.05) is 0 Å². The van der Waals surface area contributed by atoms with Crippen LogP contribution < -0.4 is 5.32 Å². The Morgan fingerprint density at radius 3 is 2.48 bits per heavy atom. The number of nitrogens with one attached hydrogen (secondary N) is 1. The number of rotatable bonds is 4. The summed E-state index contributed by atoms with van der Waals surface area (Å²) >= 11 is 12.0. The Morgan fingerprint density at radius 2 is 1.95 bits per heavy atom. The second-order valence-corrected chi connectivity index (χ2v) is 6.22. The first-order valence-corrected chi connectivity index (χ1v) is 7.01. The largest absolute Gasteiger partial charge is 0.481 e. The molecule has 2 N–H and O–H groups in total. The molecule has 1 aromatic rings. The van der Waals surface area contributed by atoms with Crippen LogP contribution in [0.1, 0.15) is 38.8 Å². The number of carbonyl (C=O) groups is 2. The van der Waals surface area contributed by atoms with Crippen molar-refractivity contribution in [3.05, 3.63) is 33.8 Å². The van der Waals surface area contributed by atoms with Gasteiger partial charge >= 0.3 is 12.1 Å². The highest BCUT2D eigenvalue weighted by Gasteiger charge is 2.24. The molecule has 21 heavy (non-hydrogen) atoms. The van der Waals surface area contributed by atoms with Crippen LogP contribution in [-0.2, 0) is 9.53 Å². The molecule has 0 spiro atoms. The van der Waals surface area contributed by atoms with Crippen molar-refractivity contribution in [2.45, 2.75) is 38.8 Å². The number of carboxylic acid groups (broad SMARTS) is 1. The van der Waals surface area contributed by atoms with Crippen molar-refractivity contribution < 1.29 is 19.4 Å². The maximum absolute atomic E-state index is 11.8. The monoisotopic (exact) mass is 333 g/mol. The van der Waals surface area contributed by atoms with Gasteiger partial charge in [0.05, 0.1) is 22.5 Å². The van der Waals surface area contributed by atoms with Crippen molar-refractivity contribution >= 4 is 35.3 Å². The Hall–Kier alpha value is -1.46. The van der Waals surface area contributed by atoms with Crippen LogP contribution in [0, 0.1) is 0 Å². The average molecular weight is 334 g/mol. The summed E-state index contributed by atoms with van der Waals surface area (Å²) < 4.78 is 5.12. The number of hydrogen-bond donors (Lipinski definition) is 2. The molecule has 0 aromatic heterocycles. The molecule has 116 valence electrons. The van der Waals surface area contributed by atoms with Crippen LogP contribution in [0.3, 0.4) is 0 Å². The van der Waals surface area contributed by atoms with Crippen LogP contribution in [-0.4, -0.2) is 22.8 Å². The number of amides is 1. The molecule has 0 fully saturated rings. The molecule has 0 heterocycles. The topological polar surface area (TPSA) is 75.6 Å². The second kappa shape index (κ2) is 7.00. The number of carbonyl (C=O) groups excluding carboxylic acids is 1. The quantitative estimate of drug-likeness (QED) is 0.871. The number of hydrogen-bond acceptors (Lipinski definition) is 3. The van der Waals surface area contributed by atoms with Crippen molar-refractivity contribution in [1.82, 2.24) is 5.32 Å². The van der Waals surface area contributed by atoms with E-state index in [9.17, 15) is 9.59 Å². The van der Waals surface area contributed by atoms with Crippen LogP contribution in [0.25, 0.3) is 0 Å². The summed E-state index contributed by atoms with van der Waals surface area (Å²) in [6.45, 7) is 5.14. The normalized spacial score (nSPS) is 12.6. The lowest BCUT2D eigenvalue weighted by Gasteiger charge is -2.23. The van der Waals surface area contributed by atoms with Gasteiger partial charge < -0.3 is 15.2 Å². The van der Waals surface area contributed by atoms with Crippen molar-refractivity contribution in [2.24, 2.45) is 0 Å². The van der Waals surface area contributed by atoms with E-state index >= 15 is 0 Å². The molecule has 1 amide bonds. The molecule has 0 aliphatic rings. The Bertz CT molecular complexity index is 540. The third-order valence-electron chi connectivity index (χ3n) is 2.43. The SMILES string of the molecule is CC(C)(C)OC(=O)NC(CC(=O)O)c1cccc(Cl)c1Cl. The first kappa shape index (κ1) is 17.6. The molecule has 0 aliphatic carbocycles. The minimum atomic E-state index is -1.08. The highest BCUT2D eigenvalue weighted by atomic mass is 35.5. The van der Waals surface area contributed by atoms with Crippen molar-refractivity contribution in [3.63, 3.8) is 0 Å². The number of carboxylic acids is 1. The average Bonchev–Trinajstić information content (AvgIpc) is 2.28. The van der Waals surface area contributed by atoms with Gasteiger partial charge in [-0.05, 0) is 32.4 Å². The van der Waals surface area contributed by atoms with Gasteiger partial charge in [0.1, 0.15) is 5.60 Å². The number of alkyl carbamates (subject to hydrolysis) is 1. The number of benzene rings is 1. The van der Waals surface area contributed by atoms with Crippen molar-refractivity contribution in [3.8, 4) is 0 Å². The molecule has 7 heteroatoms. The predicted octanol–water partition coefficient (Wildman–Crippen LogP) is 4.03. The van der Waals surface area contributed by atoms with Crippen LogP contribution in [0.5, 0.6) is 0 Å². The van der Waals surface area contributed by atoms with E-state index in [0.717, 1.165) is 0 Å². The summed E-state index contributed by atoms with van der Waals surface area (Å²) in [5.41, 5.74) is -0.256. The molecule has 1 unspecified atom stereocenters. The van der Waals surface area contributed by atoms with E-state index in [-0.39, 0.29) is 16.5 Å². The third kappa shape index (κ3) is 5.81. The van der Waals surface area contributed by atoms with E-state index in [0.29, 0.717) is 5.56 Å². The zero-order chi connectivity index (χ0) is 16.2. The predicted molar refractivity (Wildman–Crippen MR) is 80.8 cm³/mol. The summed E-state index contributed by atoms with van der Waals surface area (Å²) in [7, 11) is 0. The molecule has 5 nitrogen and oxygen atoms in total. The second-order valence-electron chi connectivity index (χ2n) is 5.44. The molecule has 0 aliphatic heterocycles. The molecule has 0 saturated heterocycles. The van der Waals surface area contributed by atoms with E-state index in [1.807, 2.05) is 0 Å². The summed E-state index contributed by atoms with van der Waals surface area (Å²) in [6.07, 6.45) is -1.05. The van der Waals surface area contributed by atoms with Gasteiger partial charge in [-0.3, -0.25) is 4.79 Å². The van der Waals surface area contributed by atoms with Crippen molar-refractivity contribution in [1.29, 1.82) is 0 Å². The van der Waals surface area contributed by atoms with E-state index in [1.165, 1.54) is 0 Å². The lowest BCUT2D eigenvalue weighted by atomic mass is 10.0. The minimum absolute atomic E-state index is 0.210. The molecule has 0 saturated carbocycles. The van der Waals surface area contributed by atoms with Gasteiger partial charge in [-0.2, -0.15) is 0 Å². The van der Waals surface area contributed by atoms with Gasteiger partial charge in [0.25, 0.3) is 0 Å². The van der Waals surface area contributed by atoms with E-state index in [1.54, 1.807) is 39.0 Å². The zero-order valence-electron chi connectivity index (χ0n) is 11.9. The Labute approximate surface area is 133 Å². The van der Waals surface area contributed by atoms with Crippen LogP contribution >= 0.6 is 23.2 Å². The Kier molecular flexibility index (Phi) is 5.87. The Balaban J connectivity index is 2.98. The number of aliphatic carboxylic acids is 1. The van der Waals surface area contributed by atoms with Crippen LogP contribution in [0.2, 0.25) is 10.0 Å². The van der Waals surface area contributed by atoms with Gasteiger partial charge in [-0.25, -0.2) is 4.79 Å². The van der Waals surface area contributed by atoms with Gasteiger partial charge in [0.15, 0.2) is 0 Å². The fraction of sp³-hybridized carbons (Fsp3) is 0.429. The van der Waals surface area contributed by atoms with E-state index in [4.69, 9.17) is 33.0 Å². The zero-order valence-corrected chi connectivity index (χ0v) is 13.5. The van der Waals surface area contributed by atoms with Gasteiger partial charge in [-0.1, -0.05) is 35.3 Å². The third-order valence-corrected chi connectivity index (χ3v) is 3.26. The minimum Gasteiger partial charge on any atom is -0.481 e. The smallest absolute Gasteiger partial charge is 0.408 e. The van der Waals surface area contributed by atoms with E-state index in [2.05, 4.69) is 5.32 Å². The van der Waals surface area contributed by atoms with Crippen LogP contribution in [0.15, 0.2) is 18.2 Å². The van der Waals surface area contributed by atoms with Gasteiger partial charge in [0.2, 0.25) is 0 Å². The number of ether oxygens (including phenoxy) is 1. The molecular weight excluding hydrogens is 317 g/mol. The van der Waals surface area contributed by atoms with E-state index < -0.39 is 23.7 Å². The number of halogens is 2. The fourth-order valence-electron chi connectivity index (χ4n) is 1.65. The molecular formula is C14H17Cl2NO4. The van der Waals surface area contributed by atoms with Crippen LogP contribution in [0.4, 0.5) is 4.79 Å². The lowest BCUT2D eigenvalue weighted by molar-refractivity contribution is -0.137.